The second-order valence-corrected chi connectivity index (χ2v) is 5.64. The molecule has 0 atom stereocenters. The molecule has 1 aromatic heterocycles. The minimum atomic E-state index is -1.03. The smallest absolute Gasteiger partial charge is 0.327 e. The molecule has 28 heavy (non-hydrogen) atoms. The lowest BCUT2D eigenvalue weighted by atomic mass is 10.1. The molecule has 0 unspecified atom stereocenters. The molecule has 2 rings (SSSR count). The van der Waals surface area contributed by atoms with Crippen LogP contribution in [0.3, 0.4) is 0 Å². The van der Waals surface area contributed by atoms with Crippen molar-refractivity contribution in [1.29, 1.82) is 0 Å². The summed E-state index contributed by atoms with van der Waals surface area (Å²) in [5, 5.41) is 2.33. The van der Waals surface area contributed by atoms with Crippen LogP contribution in [0.4, 0.5) is 0 Å². The molecule has 0 aliphatic rings. The number of amides is 3. The van der Waals surface area contributed by atoms with Gasteiger partial charge in [-0.15, -0.1) is 0 Å². The number of Topliss-reactive ketones (excluding diaryl/α,β-unsaturated/α-hetero) is 1. The van der Waals surface area contributed by atoms with Gasteiger partial charge >= 0.3 is 11.8 Å². The van der Waals surface area contributed by atoms with Crippen LogP contribution >= 0.6 is 0 Å². The Bertz CT molecular complexity index is 815. The van der Waals surface area contributed by atoms with Crippen molar-refractivity contribution in [3.05, 3.63) is 54.0 Å². The normalized spacial score (nSPS) is 10.0. The summed E-state index contributed by atoms with van der Waals surface area (Å²) in [4.78, 5) is 47.0. The summed E-state index contributed by atoms with van der Waals surface area (Å²) in [5.74, 6) is -1.63. The maximum Gasteiger partial charge on any atom is 0.327 e. The first kappa shape index (κ1) is 20.7. The third-order valence-electron chi connectivity index (χ3n) is 3.59. The number of hydrazine groups is 1. The summed E-state index contributed by atoms with van der Waals surface area (Å²) in [6.45, 7) is 2.43. The Morgan fingerprint density at radius 2 is 1.71 bits per heavy atom. The summed E-state index contributed by atoms with van der Waals surface area (Å²) < 4.78 is 10.3. The molecule has 148 valence electrons. The predicted molar refractivity (Wildman–Crippen MR) is 98.0 cm³/mol. The highest BCUT2D eigenvalue weighted by Gasteiger charge is 2.15. The number of carbonyl (C=O) groups excluding carboxylic acids is 4. The molecule has 0 fully saturated rings. The molecule has 9 heteroatoms. The Balaban J connectivity index is 1.67. The maximum atomic E-state index is 12.1. The Hall–Kier alpha value is -3.62. The van der Waals surface area contributed by atoms with Crippen LogP contribution in [-0.4, -0.2) is 30.1 Å². The van der Waals surface area contributed by atoms with Gasteiger partial charge in [0.25, 0.3) is 0 Å². The van der Waals surface area contributed by atoms with Gasteiger partial charge in [0.1, 0.15) is 11.5 Å². The maximum absolute atomic E-state index is 12.1. The minimum absolute atomic E-state index is 0.0413. The molecule has 0 aliphatic carbocycles. The first-order chi connectivity index (χ1) is 13.5. The van der Waals surface area contributed by atoms with Gasteiger partial charge in [-0.2, -0.15) is 0 Å². The molecule has 0 aliphatic heterocycles. The molecule has 0 radical (unpaired) electrons. The van der Waals surface area contributed by atoms with Gasteiger partial charge in [0, 0.05) is 18.4 Å². The summed E-state index contributed by atoms with van der Waals surface area (Å²) >= 11 is 0. The van der Waals surface area contributed by atoms with Crippen LogP contribution in [0, 0.1) is 0 Å². The first-order valence-corrected chi connectivity index (χ1v) is 8.65. The fraction of sp³-hybridized carbons (Fsp3) is 0.263. The molecule has 3 amide bonds. The van der Waals surface area contributed by atoms with Crippen LogP contribution in [0.2, 0.25) is 0 Å². The van der Waals surface area contributed by atoms with Crippen molar-refractivity contribution in [2.24, 2.45) is 0 Å². The standard InChI is InChI=1S/C19H21N3O6/c1-2-27-14-7-5-13(6-8-14)16(23)9-10-17(24)21-22-19(26)18(25)20-12-15-4-3-11-28-15/h3-8,11H,2,9-10,12H2,1H3,(H,20,25)(H,21,24)(H,22,26). The lowest BCUT2D eigenvalue weighted by molar-refractivity contribution is -0.141. The van der Waals surface area contributed by atoms with E-state index in [1.807, 2.05) is 12.3 Å². The van der Waals surface area contributed by atoms with Crippen LogP contribution < -0.4 is 20.9 Å². The van der Waals surface area contributed by atoms with Gasteiger partial charge in [-0.1, -0.05) is 0 Å². The second kappa shape index (κ2) is 10.5. The van der Waals surface area contributed by atoms with Gasteiger partial charge in [-0.25, -0.2) is 0 Å². The van der Waals surface area contributed by atoms with Gasteiger partial charge in [-0.05, 0) is 43.3 Å². The molecular formula is C19H21N3O6. The average molecular weight is 387 g/mol. The van der Waals surface area contributed by atoms with E-state index in [-0.39, 0.29) is 25.2 Å². The van der Waals surface area contributed by atoms with Crippen LogP contribution in [0.15, 0.2) is 47.1 Å². The minimum Gasteiger partial charge on any atom is -0.494 e. The van der Waals surface area contributed by atoms with E-state index in [9.17, 15) is 19.2 Å². The zero-order chi connectivity index (χ0) is 20.4. The average Bonchev–Trinajstić information content (AvgIpc) is 3.22. The fourth-order valence-electron chi connectivity index (χ4n) is 2.18. The number of ether oxygens (including phenoxy) is 1. The molecule has 9 nitrogen and oxygen atoms in total. The van der Waals surface area contributed by atoms with Crippen molar-refractivity contribution in [1.82, 2.24) is 16.2 Å². The van der Waals surface area contributed by atoms with E-state index in [2.05, 4.69) is 10.7 Å². The summed E-state index contributed by atoms with van der Waals surface area (Å²) in [7, 11) is 0. The van der Waals surface area contributed by atoms with E-state index in [1.54, 1.807) is 36.4 Å². The number of rotatable bonds is 8. The molecule has 0 saturated heterocycles. The highest BCUT2D eigenvalue weighted by molar-refractivity contribution is 6.35. The third-order valence-corrected chi connectivity index (χ3v) is 3.59. The first-order valence-electron chi connectivity index (χ1n) is 8.65. The molecule has 1 heterocycles. The number of nitrogens with one attached hydrogen (secondary N) is 3. The van der Waals surface area contributed by atoms with Gasteiger partial charge in [0.2, 0.25) is 5.91 Å². The zero-order valence-corrected chi connectivity index (χ0v) is 15.3. The highest BCUT2D eigenvalue weighted by atomic mass is 16.5. The number of benzene rings is 1. The molecule has 2 aromatic rings. The Morgan fingerprint density at radius 1 is 0.964 bits per heavy atom. The van der Waals surface area contributed by atoms with E-state index >= 15 is 0 Å². The van der Waals surface area contributed by atoms with Crippen molar-refractivity contribution in [2.45, 2.75) is 26.3 Å². The van der Waals surface area contributed by atoms with Gasteiger partial charge < -0.3 is 14.5 Å². The molecular weight excluding hydrogens is 366 g/mol. The van der Waals surface area contributed by atoms with Crippen LogP contribution in [0.1, 0.15) is 35.9 Å². The van der Waals surface area contributed by atoms with Gasteiger partial charge in [0.15, 0.2) is 5.78 Å². The van der Waals surface area contributed by atoms with E-state index in [1.165, 1.54) is 6.26 Å². The third kappa shape index (κ3) is 6.60. The number of hydrogen-bond donors (Lipinski definition) is 3. The van der Waals surface area contributed by atoms with E-state index in [4.69, 9.17) is 9.15 Å². The van der Waals surface area contributed by atoms with E-state index in [0.29, 0.717) is 23.7 Å². The summed E-state index contributed by atoms with van der Waals surface area (Å²) in [5.41, 5.74) is 4.54. The van der Waals surface area contributed by atoms with Crippen molar-refractivity contribution >= 4 is 23.5 Å². The number of furan rings is 1. The highest BCUT2D eigenvalue weighted by Crippen LogP contribution is 2.13. The predicted octanol–water partition coefficient (Wildman–Crippen LogP) is 1.10. The number of carbonyl (C=O) groups is 4. The topological polar surface area (TPSA) is 127 Å². The summed E-state index contributed by atoms with van der Waals surface area (Å²) in [6, 6.07) is 9.89. The Morgan fingerprint density at radius 3 is 2.36 bits per heavy atom. The second-order valence-electron chi connectivity index (χ2n) is 5.64. The molecule has 1 aromatic carbocycles. The van der Waals surface area contributed by atoms with Crippen LogP contribution in [-0.2, 0) is 20.9 Å². The lowest BCUT2D eigenvalue weighted by Gasteiger charge is -2.07. The van der Waals surface area contributed by atoms with Crippen LogP contribution in [0.5, 0.6) is 5.75 Å². The SMILES string of the molecule is CCOc1ccc(C(=O)CCC(=O)NNC(=O)C(=O)NCc2ccco2)cc1. The quantitative estimate of drug-likeness (QED) is 0.354. The monoisotopic (exact) mass is 387 g/mol. The van der Waals surface area contributed by atoms with Crippen LogP contribution in [0.25, 0.3) is 0 Å². The molecule has 0 bridgehead atoms. The van der Waals surface area contributed by atoms with Crippen molar-refractivity contribution in [3.8, 4) is 5.75 Å². The Labute approximate surface area is 161 Å². The van der Waals surface area contributed by atoms with E-state index in [0.717, 1.165) is 0 Å². The van der Waals surface area contributed by atoms with Crippen molar-refractivity contribution in [3.63, 3.8) is 0 Å². The van der Waals surface area contributed by atoms with Gasteiger partial charge in [-0.3, -0.25) is 30.0 Å². The fourth-order valence-corrected chi connectivity index (χ4v) is 2.18. The largest absolute Gasteiger partial charge is 0.494 e. The summed E-state index contributed by atoms with van der Waals surface area (Å²) in [6.07, 6.45) is 1.26. The van der Waals surface area contributed by atoms with Gasteiger partial charge in [0.05, 0.1) is 19.4 Å². The molecule has 0 saturated carbocycles. The van der Waals surface area contributed by atoms with Crippen molar-refractivity contribution < 1.29 is 28.3 Å². The Kier molecular flexibility index (Phi) is 7.77. The van der Waals surface area contributed by atoms with Crippen molar-refractivity contribution in [2.75, 3.05) is 6.61 Å². The molecule has 3 N–H and O–H groups in total. The molecule has 0 spiro atoms. The zero-order valence-electron chi connectivity index (χ0n) is 15.3. The lowest BCUT2D eigenvalue weighted by Crippen LogP contribution is -2.48. The number of hydrogen-bond acceptors (Lipinski definition) is 6. The van der Waals surface area contributed by atoms with E-state index < -0.39 is 17.7 Å². The number of ketones is 1.